The third-order valence-corrected chi connectivity index (χ3v) is 4.60. The molecule has 4 nitrogen and oxygen atoms in total. The molecule has 2 atom stereocenters. The summed E-state index contributed by atoms with van der Waals surface area (Å²) >= 11 is 0. The first-order valence-electron chi connectivity index (χ1n) is 7.34. The van der Waals surface area contributed by atoms with Crippen LogP contribution in [-0.2, 0) is 0 Å². The van der Waals surface area contributed by atoms with Crippen LogP contribution in [0.3, 0.4) is 0 Å². The van der Waals surface area contributed by atoms with Crippen molar-refractivity contribution in [1.29, 1.82) is 0 Å². The summed E-state index contributed by atoms with van der Waals surface area (Å²) in [7, 11) is 0. The van der Waals surface area contributed by atoms with Gasteiger partial charge in [0.15, 0.2) is 0 Å². The Morgan fingerprint density at radius 1 is 1.20 bits per heavy atom. The van der Waals surface area contributed by atoms with Crippen molar-refractivity contribution < 1.29 is 9.21 Å². The molecule has 0 aliphatic carbocycles. The molecule has 2 aromatic rings. The van der Waals surface area contributed by atoms with Gasteiger partial charge in [-0.2, -0.15) is 0 Å². The third kappa shape index (κ3) is 1.75. The van der Waals surface area contributed by atoms with E-state index in [0.717, 1.165) is 43.3 Å². The van der Waals surface area contributed by atoms with Crippen molar-refractivity contribution in [3.63, 3.8) is 0 Å². The van der Waals surface area contributed by atoms with E-state index in [1.54, 1.807) is 6.26 Å². The fourth-order valence-electron chi connectivity index (χ4n) is 3.60. The molecule has 1 amide bonds. The normalized spacial score (nSPS) is 25.9. The number of para-hydroxylation sites is 1. The van der Waals surface area contributed by atoms with Gasteiger partial charge >= 0.3 is 0 Å². The molecule has 2 aliphatic rings. The number of hydrogen-bond donors (Lipinski definition) is 1. The second-order valence-corrected chi connectivity index (χ2v) is 5.74. The summed E-state index contributed by atoms with van der Waals surface area (Å²) in [5, 5.41) is 4.35. The molecule has 2 bridgehead atoms. The molecule has 4 rings (SSSR count). The van der Waals surface area contributed by atoms with E-state index < -0.39 is 0 Å². The second-order valence-electron chi connectivity index (χ2n) is 5.74. The highest BCUT2D eigenvalue weighted by atomic mass is 16.3. The lowest BCUT2D eigenvalue weighted by molar-refractivity contribution is 0.0681. The molecule has 2 fully saturated rings. The average molecular weight is 270 g/mol. The number of benzene rings is 1. The Hall–Kier alpha value is -1.81. The molecule has 4 heteroatoms. The van der Waals surface area contributed by atoms with Gasteiger partial charge in [-0.05, 0) is 31.9 Å². The molecule has 1 aromatic carbocycles. The van der Waals surface area contributed by atoms with E-state index >= 15 is 0 Å². The maximum Gasteiger partial charge on any atom is 0.258 e. The first-order valence-corrected chi connectivity index (χ1v) is 7.34. The van der Waals surface area contributed by atoms with E-state index in [2.05, 4.69) is 10.2 Å². The Morgan fingerprint density at radius 3 is 3.00 bits per heavy atom. The summed E-state index contributed by atoms with van der Waals surface area (Å²) in [6.45, 7) is 1.93. The van der Waals surface area contributed by atoms with Crippen molar-refractivity contribution in [1.82, 2.24) is 10.2 Å². The van der Waals surface area contributed by atoms with Crippen molar-refractivity contribution >= 4 is 16.9 Å². The molecule has 2 aliphatic heterocycles. The minimum atomic E-state index is 0.131. The lowest BCUT2D eigenvalue weighted by Crippen LogP contribution is -2.42. The van der Waals surface area contributed by atoms with Crippen LogP contribution in [0, 0.1) is 0 Å². The van der Waals surface area contributed by atoms with Crippen LogP contribution in [-0.4, -0.2) is 36.0 Å². The number of amides is 1. The molecular weight excluding hydrogens is 252 g/mol. The van der Waals surface area contributed by atoms with Crippen LogP contribution in [0.4, 0.5) is 0 Å². The lowest BCUT2D eigenvalue weighted by atomic mass is 10.1. The van der Waals surface area contributed by atoms with Crippen LogP contribution < -0.4 is 5.32 Å². The first kappa shape index (κ1) is 12.0. The molecule has 20 heavy (non-hydrogen) atoms. The Kier molecular flexibility index (Phi) is 2.77. The average Bonchev–Trinajstić information content (AvgIpc) is 2.98. The zero-order valence-electron chi connectivity index (χ0n) is 11.3. The molecule has 0 spiro atoms. The second kappa shape index (κ2) is 4.63. The van der Waals surface area contributed by atoms with Crippen LogP contribution in [0.25, 0.3) is 11.0 Å². The topological polar surface area (TPSA) is 45.5 Å². The van der Waals surface area contributed by atoms with Crippen molar-refractivity contribution in [3.8, 4) is 0 Å². The van der Waals surface area contributed by atoms with E-state index in [-0.39, 0.29) is 5.91 Å². The van der Waals surface area contributed by atoms with Gasteiger partial charge in [0.1, 0.15) is 11.8 Å². The van der Waals surface area contributed by atoms with Crippen LogP contribution in [0.15, 0.2) is 34.9 Å². The fraction of sp³-hybridized carbons (Fsp3) is 0.438. The molecule has 1 N–H and O–H groups in total. The summed E-state index contributed by atoms with van der Waals surface area (Å²) in [5.74, 6) is 0.131. The highest BCUT2D eigenvalue weighted by Crippen LogP contribution is 2.31. The van der Waals surface area contributed by atoms with E-state index in [1.807, 2.05) is 24.3 Å². The van der Waals surface area contributed by atoms with Gasteiger partial charge in [-0.15, -0.1) is 0 Å². The fourth-order valence-corrected chi connectivity index (χ4v) is 3.60. The highest BCUT2D eigenvalue weighted by molar-refractivity contribution is 6.06. The van der Waals surface area contributed by atoms with Crippen molar-refractivity contribution in [2.45, 2.75) is 31.3 Å². The minimum Gasteiger partial charge on any atom is -0.463 e. The Bertz CT molecular complexity index is 635. The van der Waals surface area contributed by atoms with E-state index in [9.17, 15) is 4.79 Å². The predicted octanol–water partition coefficient (Wildman–Crippen LogP) is 2.40. The van der Waals surface area contributed by atoms with E-state index in [0.29, 0.717) is 17.6 Å². The van der Waals surface area contributed by atoms with Gasteiger partial charge in [0.25, 0.3) is 5.91 Å². The molecule has 2 unspecified atom stereocenters. The van der Waals surface area contributed by atoms with Gasteiger partial charge < -0.3 is 14.6 Å². The summed E-state index contributed by atoms with van der Waals surface area (Å²) in [5.41, 5.74) is 1.50. The summed E-state index contributed by atoms with van der Waals surface area (Å²) in [4.78, 5) is 15.0. The maximum absolute atomic E-state index is 12.9. The Balaban J connectivity index is 1.73. The number of furan rings is 1. The lowest BCUT2D eigenvalue weighted by Gasteiger charge is -2.27. The van der Waals surface area contributed by atoms with Gasteiger partial charge in [0.2, 0.25) is 0 Å². The molecule has 0 saturated carbocycles. The molecule has 1 aromatic heterocycles. The van der Waals surface area contributed by atoms with Crippen molar-refractivity contribution in [3.05, 3.63) is 36.1 Å². The largest absolute Gasteiger partial charge is 0.463 e. The zero-order valence-corrected chi connectivity index (χ0v) is 11.3. The highest BCUT2D eigenvalue weighted by Gasteiger charge is 2.39. The van der Waals surface area contributed by atoms with Gasteiger partial charge in [-0.1, -0.05) is 18.2 Å². The monoisotopic (exact) mass is 270 g/mol. The van der Waals surface area contributed by atoms with E-state index in [4.69, 9.17) is 4.42 Å². The number of fused-ring (bicyclic) bond motifs is 3. The van der Waals surface area contributed by atoms with Crippen LogP contribution in [0.1, 0.15) is 29.6 Å². The number of hydrogen-bond acceptors (Lipinski definition) is 3. The van der Waals surface area contributed by atoms with Gasteiger partial charge in [-0.25, -0.2) is 0 Å². The van der Waals surface area contributed by atoms with Crippen molar-refractivity contribution in [2.24, 2.45) is 0 Å². The molecule has 2 saturated heterocycles. The SMILES string of the molecule is O=C(c1coc2ccccc12)N1C2CCNCC1CC2. The predicted molar refractivity (Wildman–Crippen MR) is 76.7 cm³/mol. The minimum absolute atomic E-state index is 0.131. The standard InChI is InChI=1S/C16H18N2O2/c19-16(14-10-20-15-4-2-1-3-13(14)15)18-11-5-6-12(18)9-17-8-7-11/h1-4,10-12,17H,5-9H2. The number of carbonyl (C=O) groups excluding carboxylic acids is 1. The van der Waals surface area contributed by atoms with E-state index in [1.165, 1.54) is 0 Å². The summed E-state index contributed by atoms with van der Waals surface area (Å²) < 4.78 is 5.52. The molecule has 3 heterocycles. The number of rotatable bonds is 1. The Labute approximate surface area is 117 Å². The van der Waals surface area contributed by atoms with Gasteiger partial charge in [0.05, 0.1) is 5.56 Å². The summed E-state index contributed by atoms with van der Waals surface area (Å²) in [6.07, 6.45) is 4.91. The van der Waals surface area contributed by atoms with Gasteiger partial charge in [-0.3, -0.25) is 4.79 Å². The number of nitrogens with one attached hydrogen (secondary N) is 1. The molecule has 104 valence electrons. The van der Waals surface area contributed by atoms with Crippen LogP contribution >= 0.6 is 0 Å². The van der Waals surface area contributed by atoms with Gasteiger partial charge in [0, 0.05) is 24.0 Å². The first-order chi connectivity index (χ1) is 9.84. The van der Waals surface area contributed by atoms with Crippen molar-refractivity contribution in [2.75, 3.05) is 13.1 Å². The van der Waals surface area contributed by atoms with Crippen LogP contribution in [0.2, 0.25) is 0 Å². The Morgan fingerprint density at radius 2 is 2.05 bits per heavy atom. The third-order valence-electron chi connectivity index (χ3n) is 4.60. The molecule has 0 radical (unpaired) electrons. The number of carbonyl (C=O) groups is 1. The quantitative estimate of drug-likeness (QED) is 0.865. The van der Waals surface area contributed by atoms with Crippen LogP contribution in [0.5, 0.6) is 0 Å². The maximum atomic E-state index is 12.9. The zero-order chi connectivity index (χ0) is 13.5. The molecular formula is C16H18N2O2. The number of nitrogens with zero attached hydrogens (tertiary/aromatic N) is 1. The smallest absolute Gasteiger partial charge is 0.258 e. The summed E-state index contributed by atoms with van der Waals surface area (Å²) in [6, 6.07) is 8.47.